The van der Waals surface area contributed by atoms with Gasteiger partial charge in [-0.1, -0.05) is 36.9 Å². The van der Waals surface area contributed by atoms with Gasteiger partial charge in [0.25, 0.3) is 0 Å². The zero-order valence-electron chi connectivity index (χ0n) is 9.91. The van der Waals surface area contributed by atoms with Crippen LogP contribution in [-0.4, -0.2) is 7.11 Å². The molecule has 0 saturated heterocycles. The summed E-state index contributed by atoms with van der Waals surface area (Å²) in [6.45, 7) is 3.66. The first-order valence-electron chi connectivity index (χ1n) is 5.43. The van der Waals surface area contributed by atoms with Gasteiger partial charge >= 0.3 is 0 Å². The van der Waals surface area contributed by atoms with Crippen molar-refractivity contribution in [1.82, 2.24) is 0 Å². The van der Waals surface area contributed by atoms with Crippen molar-refractivity contribution in [2.24, 2.45) is 0 Å². The van der Waals surface area contributed by atoms with E-state index in [2.05, 4.69) is 6.58 Å². The van der Waals surface area contributed by atoms with Crippen LogP contribution in [0.2, 0.25) is 0 Å². The van der Waals surface area contributed by atoms with Gasteiger partial charge in [-0.3, -0.25) is 0 Å². The van der Waals surface area contributed by atoms with Crippen LogP contribution in [0.3, 0.4) is 0 Å². The summed E-state index contributed by atoms with van der Waals surface area (Å²) in [7, 11) is 1.30. The monoisotopic (exact) mass is 246 g/mol. The van der Waals surface area contributed by atoms with E-state index < -0.39 is 11.6 Å². The predicted molar refractivity (Wildman–Crippen MR) is 68.4 cm³/mol. The third-order valence-corrected chi connectivity index (χ3v) is 2.74. The Hall–Kier alpha value is -2.16. The van der Waals surface area contributed by atoms with Gasteiger partial charge in [-0.15, -0.1) is 0 Å². The van der Waals surface area contributed by atoms with Crippen LogP contribution in [0.1, 0.15) is 5.56 Å². The highest BCUT2D eigenvalue weighted by molar-refractivity contribution is 5.75. The molecular formula is C15H12F2O. The van der Waals surface area contributed by atoms with Crippen molar-refractivity contribution in [2.75, 3.05) is 7.11 Å². The molecule has 18 heavy (non-hydrogen) atoms. The fourth-order valence-corrected chi connectivity index (χ4v) is 1.82. The minimum atomic E-state index is -0.978. The molecule has 92 valence electrons. The molecule has 0 saturated carbocycles. The van der Waals surface area contributed by atoms with Gasteiger partial charge in [0.1, 0.15) is 0 Å². The van der Waals surface area contributed by atoms with E-state index >= 15 is 0 Å². The van der Waals surface area contributed by atoms with Gasteiger partial charge in [-0.2, -0.15) is 4.39 Å². The second kappa shape index (κ2) is 5.00. The van der Waals surface area contributed by atoms with Gasteiger partial charge in [-0.05, 0) is 23.3 Å². The second-order valence-corrected chi connectivity index (χ2v) is 3.73. The lowest BCUT2D eigenvalue weighted by Crippen LogP contribution is -1.95. The molecule has 0 aliphatic heterocycles. The van der Waals surface area contributed by atoms with Gasteiger partial charge in [0.15, 0.2) is 11.6 Å². The predicted octanol–water partition coefficient (Wildman–Crippen LogP) is 4.28. The highest BCUT2D eigenvalue weighted by atomic mass is 19.2. The van der Waals surface area contributed by atoms with E-state index in [0.29, 0.717) is 5.56 Å². The molecule has 0 atom stereocenters. The summed E-state index contributed by atoms with van der Waals surface area (Å²) in [6.07, 6.45) is 1.61. The molecule has 0 aliphatic carbocycles. The van der Waals surface area contributed by atoms with Crippen LogP contribution < -0.4 is 4.74 Å². The first-order chi connectivity index (χ1) is 8.69. The first-order valence-corrected chi connectivity index (χ1v) is 5.43. The Morgan fingerprint density at radius 2 is 1.72 bits per heavy atom. The summed E-state index contributed by atoms with van der Waals surface area (Å²) >= 11 is 0. The lowest BCUT2D eigenvalue weighted by molar-refractivity contribution is 0.372. The van der Waals surface area contributed by atoms with Crippen LogP contribution in [0.4, 0.5) is 8.78 Å². The van der Waals surface area contributed by atoms with Gasteiger partial charge < -0.3 is 4.74 Å². The molecule has 0 fully saturated rings. The number of hydrogen-bond acceptors (Lipinski definition) is 1. The van der Waals surface area contributed by atoms with Gasteiger partial charge in [0.05, 0.1) is 7.11 Å². The largest absolute Gasteiger partial charge is 0.494 e. The zero-order chi connectivity index (χ0) is 13.1. The van der Waals surface area contributed by atoms with E-state index in [4.69, 9.17) is 4.74 Å². The molecule has 0 unspecified atom stereocenters. The molecule has 0 aromatic heterocycles. The molecule has 0 radical (unpaired) electrons. The molecule has 0 heterocycles. The van der Waals surface area contributed by atoms with E-state index in [1.54, 1.807) is 24.3 Å². The van der Waals surface area contributed by atoms with Gasteiger partial charge in [0, 0.05) is 5.56 Å². The van der Waals surface area contributed by atoms with E-state index in [1.807, 2.05) is 6.07 Å². The zero-order valence-corrected chi connectivity index (χ0v) is 9.91. The van der Waals surface area contributed by atoms with Crippen LogP contribution in [0.5, 0.6) is 5.75 Å². The Kier molecular flexibility index (Phi) is 3.42. The normalized spacial score (nSPS) is 10.2. The minimum absolute atomic E-state index is 0.104. The summed E-state index contributed by atoms with van der Waals surface area (Å²) in [5.74, 6) is -2.00. The summed E-state index contributed by atoms with van der Waals surface area (Å²) in [5.41, 5.74) is 1.55. The van der Waals surface area contributed by atoms with Crippen LogP contribution in [0.25, 0.3) is 17.2 Å². The van der Waals surface area contributed by atoms with Crippen molar-refractivity contribution in [1.29, 1.82) is 0 Å². The molecule has 0 N–H and O–H groups in total. The maximum Gasteiger partial charge on any atom is 0.201 e. The number of halogens is 2. The summed E-state index contributed by atoms with van der Waals surface area (Å²) in [4.78, 5) is 0. The fourth-order valence-electron chi connectivity index (χ4n) is 1.82. The molecule has 0 bridgehead atoms. The third-order valence-electron chi connectivity index (χ3n) is 2.74. The molecule has 2 aromatic rings. The Morgan fingerprint density at radius 3 is 2.39 bits per heavy atom. The van der Waals surface area contributed by atoms with E-state index in [9.17, 15) is 8.78 Å². The van der Waals surface area contributed by atoms with E-state index in [0.717, 1.165) is 5.56 Å². The van der Waals surface area contributed by atoms with Crippen molar-refractivity contribution in [3.8, 4) is 16.9 Å². The highest BCUT2D eigenvalue weighted by Crippen LogP contribution is 2.31. The topological polar surface area (TPSA) is 9.23 Å². The Balaban J connectivity index is 2.65. The lowest BCUT2D eigenvalue weighted by Gasteiger charge is -2.10. The van der Waals surface area contributed by atoms with E-state index in [-0.39, 0.29) is 11.3 Å². The Labute approximate surface area is 104 Å². The van der Waals surface area contributed by atoms with E-state index in [1.165, 1.54) is 19.2 Å². The summed E-state index contributed by atoms with van der Waals surface area (Å²) in [6, 6.07) is 10.0. The first kappa shape index (κ1) is 12.3. The maximum atomic E-state index is 14.0. The lowest BCUT2D eigenvalue weighted by atomic mass is 9.99. The fraction of sp³-hybridized carbons (Fsp3) is 0.0667. The average Bonchev–Trinajstić information content (AvgIpc) is 2.42. The number of hydrogen-bond donors (Lipinski definition) is 0. The quantitative estimate of drug-likeness (QED) is 0.785. The van der Waals surface area contributed by atoms with Crippen molar-refractivity contribution in [2.45, 2.75) is 0 Å². The molecule has 3 heteroatoms. The Bertz CT molecular complexity index is 591. The number of benzene rings is 2. The number of methoxy groups -OCH3 is 1. The van der Waals surface area contributed by atoms with Crippen molar-refractivity contribution < 1.29 is 13.5 Å². The van der Waals surface area contributed by atoms with Crippen LogP contribution in [0.15, 0.2) is 43.0 Å². The van der Waals surface area contributed by atoms with Crippen LogP contribution in [-0.2, 0) is 0 Å². The highest BCUT2D eigenvalue weighted by Gasteiger charge is 2.16. The van der Waals surface area contributed by atoms with Gasteiger partial charge in [-0.25, -0.2) is 4.39 Å². The smallest absolute Gasteiger partial charge is 0.201 e. The van der Waals surface area contributed by atoms with Crippen molar-refractivity contribution in [3.05, 3.63) is 60.2 Å². The van der Waals surface area contributed by atoms with Crippen LogP contribution >= 0.6 is 0 Å². The maximum absolute atomic E-state index is 14.0. The molecule has 1 nitrogen and oxygen atoms in total. The average molecular weight is 246 g/mol. The van der Waals surface area contributed by atoms with Crippen molar-refractivity contribution >= 4 is 6.08 Å². The number of ether oxygens (including phenoxy) is 1. The summed E-state index contributed by atoms with van der Waals surface area (Å²) < 4.78 is 32.4. The molecule has 2 aromatic carbocycles. The van der Waals surface area contributed by atoms with Gasteiger partial charge in [0.2, 0.25) is 5.82 Å². The van der Waals surface area contributed by atoms with Crippen LogP contribution in [0, 0.1) is 11.6 Å². The Morgan fingerprint density at radius 1 is 1.00 bits per heavy atom. The molecule has 0 amide bonds. The molecule has 0 aliphatic rings. The minimum Gasteiger partial charge on any atom is -0.494 e. The molecule has 0 spiro atoms. The standard InChI is InChI=1S/C15H12F2O/c1-3-10-6-4-5-7-11(10)12-8-9-13(18-2)15(17)14(12)16/h3-9H,1H2,2H3. The second-order valence-electron chi connectivity index (χ2n) is 3.73. The number of rotatable bonds is 3. The SMILES string of the molecule is C=Cc1ccccc1-c1ccc(OC)c(F)c1F. The molecule has 2 rings (SSSR count). The molecular weight excluding hydrogens is 234 g/mol. The van der Waals surface area contributed by atoms with Crippen molar-refractivity contribution in [3.63, 3.8) is 0 Å². The summed E-state index contributed by atoms with van der Waals surface area (Å²) in [5, 5.41) is 0. The third kappa shape index (κ3) is 1.99.